The van der Waals surface area contributed by atoms with Crippen LogP contribution in [0.2, 0.25) is 0 Å². The van der Waals surface area contributed by atoms with Gasteiger partial charge in [0, 0.05) is 43.7 Å². The molecule has 0 spiro atoms. The predicted molar refractivity (Wildman–Crippen MR) is 164 cm³/mol. The number of rotatable bonds is 7. The first-order valence-electron chi connectivity index (χ1n) is 14.6. The van der Waals surface area contributed by atoms with E-state index in [4.69, 9.17) is 4.74 Å². The number of aromatic nitrogens is 5. The maximum Gasteiger partial charge on any atom is 0.410 e. The van der Waals surface area contributed by atoms with Crippen LogP contribution in [-0.2, 0) is 4.74 Å². The zero-order chi connectivity index (χ0) is 31.4. The summed E-state index contributed by atoms with van der Waals surface area (Å²) < 4.78 is 22.9. The van der Waals surface area contributed by atoms with Crippen LogP contribution in [0.25, 0.3) is 22.9 Å². The first-order valence-corrected chi connectivity index (χ1v) is 14.6. The number of fused-ring (bicyclic) bond motifs is 1. The van der Waals surface area contributed by atoms with E-state index in [0.717, 1.165) is 5.56 Å². The number of hydrogen-bond donors (Lipinski definition) is 1. The molecule has 1 aliphatic heterocycles. The Morgan fingerprint density at radius 1 is 1.18 bits per heavy atom. The van der Waals surface area contributed by atoms with Crippen LogP contribution in [0.4, 0.5) is 15.0 Å². The highest BCUT2D eigenvalue weighted by Gasteiger charge is 2.36. The molecule has 1 saturated heterocycles. The summed E-state index contributed by atoms with van der Waals surface area (Å²) in [5.41, 5.74) is 2.05. The summed E-state index contributed by atoms with van der Waals surface area (Å²) in [6.07, 6.45) is 7.94. The van der Waals surface area contributed by atoms with Crippen LogP contribution in [0.15, 0.2) is 54.9 Å². The average molecular weight is 602 g/mol. The van der Waals surface area contributed by atoms with Crippen molar-refractivity contribution in [3.8, 4) is 5.69 Å². The van der Waals surface area contributed by atoms with Crippen molar-refractivity contribution in [2.75, 3.05) is 24.6 Å². The number of hydrogen-bond acceptors (Lipinski definition) is 8. The number of anilines is 1. The maximum atomic E-state index is 15.9. The number of carbonyl (C=O) groups excluding carboxylic acids is 2. The van der Waals surface area contributed by atoms with Gasteiger partial charge >= 0.3 is 6.09 Å². The van der Waals surface area contributed by atoms with Crippen molar-refractivity contribution in [1.82, 2.24) is 29.9 Å². The number of pyridine rings is 2. The smallest absolute Gasteiger partial charge is 0.410 e. The van der Waals surface area contributed by atoms with Crippen LogP contribution in [0.3, 0.4) is 0 Å². The fraction of sp³-hybridized carbons (Fsp3) is 0.375. The molecule has 230 valence electrons. The molecule has 1 aliphatic rings. The zero-order valence-corrected chi connectivity index (χ0v) is 25.3. The second-order valence-corrected chi connectivity index (χ2v) is 11.7. The number of piperidine rings is 1. The number of ether oxygens (including phenoxy) is 1. The van der Waals surface area contributed by atoms with Gasteiger partial charge < -0.3 is 14.7 Å². The number of benzene rings is 1. The Morgan fingerprint density at radius 2 is 2.00 bits per heavy atom. The SMILES string of the molecule is Cc1ccnc(N(C(=O)c2ccc(-n3nnc4cccnc43)cc2F)[C@@H]2CCCN(C(=O)OC(C)(C)C)C2)c1/C=C/CCO. The van der Waals surface area contributed by atoms with Gasteiger partial charge in [0.1, 0.15) is 22.8 Å². The van der Waals surface area contributed by atoms with Crippen LogP contribution in [-0.4, -0.2) is 78.3 Å². The Kier molecular flexibility index (Phi) is 9.00. The van der Waals surface area contributed by atoms with Crippen LogP contribution in [0.1, 0.15) is 61.5 Å². The van der Waals surface area contributed by atoms with Crippen LogP contribution in [0.5, 0.6) is 0 Å². The number of amides is 2. The minimum Gasteiger partial charge on any atom is -0.444 e. The molecule has 4 aromatic rings. The number of nitrogens with zero attached hydrogens (tertiary/aromatic N) is 7. The highest BCUT2D eigenvalue weighted by molar-refractivity contribution is 6.07. The lowest BCUT2D eigenvalue weighted by Gasteiger charge is -2.39. The summed E-state index contributed by atoms with van der Waals surface area (Å²) in [6, 6.07) is 9.05. The van der Waals surface area contributed by atoms with E-state index in [9.17, 15) is 14.7 Å². The van der Waals surface area contributed by atoms with Crippen LogP contribution in [0, 0.1) is 12.7 Å². The van der Waals surface area contributed by atoms with Gasteiger partial charge in [0.15, 0.2) is 5.65 Å². The third-order valence-electron chi connectivity index (χ3n) is 7.26. The van der Waals surface area contributed by atoms with Gasteiger partial charge in [0.25, 0.3) is 5.91 Å². The Morgan fingerprint density at radius 3 is 2.75 bits per heavy atom. The van der Waals surface area contributed by atoms with Gasteiger partial charge in [-0.1, -0.05) is 17.4 Å². The third kappa shape index (κ3) is 6.60. The lowest BCUT2D eigenvalue weighted by atomic mass is 10.0. The number of likely N-dealkylation sites (tertiary alicyclic amines) is 1. The van der Waals surface area contributed by atoms with Crippen molar-refractivity contribution in [2.24, 2.45) is 0 Å². The fourth-order valence-electron chi connectivity index (χ4n) is 5.20. The summed E-state index contributed by atoms with van der Waals surface area (Å²) in [5, 5.41) is 17.5. The number of carbonyl (C=O) groups is 2. The molecule has 0 aliphatic carbocycles. The van der Waals surface area contributed by atoms with E-state index >= 15 is 4.39 Å². The summed E-state index contributed by atoms with van der Waals surface area (Å²) in [7, 11) is 0. The van der Waals surface area contributed by atoms with Crippen LogP contribution < -0.4 is 4.90 Å². The molecule has 1 aromatic carbocycles. The molecule has 0 unspecified atom stereocenters. The standard InChI is InChI=1S/C32H36FN7O4/c1-21-14-16-35-28(24(21)10-5-6-18-41)39(23-9-8-17-38(20-23)31(43)44-32(2,3)4)30(42)25-13-12-22(19-26(25)33)40-29-27(36-37-40)11-7-15-34-29/h5,7,10-16,19,23,41H,6,8-9,17-18,20H2,1-4H3/b10-5+/t23-/m1/s1. The van der Waals surface area contributed by atoms with E-state index in [1.165, 1.54) is 21.7 Å². The quantitative estimate of drug-likeness (QED) is 0.310. The van der Waals surface area contributed by atoms with Gasteiger partial charge in [-0.3, -0.25) is 9.69 Å². The second kappa shape index (κ2) is 12.9. The first-order chi connectivity index (χ1) is 21.1. The predicted octanol–water partition coefficient (Wildman–Crippen LogP) is 5.10. The van der Waals surface area contributed by atoms with Crippen LogP contribution >= 0.6 is 0 Å². The number of halogens is 1. The Labute approximate surface area is 255 Å². The molecule has 5 rings (SSSR count). The molecule has 12 heteroatoms. The summed E-state index contributed by atoms with van der Waals surface area (Å²) in [5.74, 6) is -1.00. The molecule has 4 heterocycles. The highest BCUT2D eigenvalue weighted by atomic mass is 19.1. The van der Waals surface area contributed by atoms with Crippen molar-refractivity contribution in [3.63, 3.8) is 0 Å². The number of aliphatic hydroxyl groups is 1. The highest BCUT2D eigenvalue weighted by Crippen LogP contribution is 2.31. The zero-order valence-electron chi connectivity index (χ0n) is 25.3. The minimum absolute atomic E-state index is 0.0323. The van der Waals surface area contributed by atoms with Gasteiger partial charge in [0.05, 0.1) is 17.3 Å². The Balaban J connectivity index is 1.55. The van der Waals surface area contributed by atoms with Gasteiger partial charge in [-0.2, -0.15) is 4.68 Å². The van der Waals surface area contributed by atoms with E-state index in [-0.39, 0.29) is 18.7 Å². The topological polar surface area (TPSA) is 127 Å². The van der Waals surface area contributed by atoms with Crippen molar-refractivity contribution < 1.29 is 23.8 Å². The molecule has 0 radical (unpaired) electrons. The van der Waals surface area contributed by atoms with Gasteiger partial charge in [-0.15, -0.1) is 5.10 Å². The van der Waals surface area contributed by atoms with Crippen molar-refractivity contribution in [3.05, 3.63) is 77.4 Å². The lowest BCUT2D eigenvalue weighted by molar-refractivity contribution is 0.0195. The molecule has 1 atom stereocenters. The van der Waals surface area contributed by atoms with E-state index in [0.29, 0.717) is 54.0 Å². The summed E-state index contributed by atoms with van der Waals surface area (Å²) >= 11 is 0. The van der Waals surface area contributed by atoms with Gasteiger partial charge in [-0.05, 0) is 82.9 Å². The molecule has 0 saturated carbocycles. The third-order valence-corrected chi connectivity index (χ3v) is 7.26. The molecular formula is C32H36FN7O4. The summed E-state index contributed by atoms with van der Waals surface area (Å²) in [6.45, 7) is 7.92. The van der Waals surface area contributed by atoms with Crippen molar-refractivity contribution in [2.45, 2.75) is 58.6 Å². The molecule has 11 nitrogen and oxygen atoms in total. The lowest BCUT2D eigenvalue weighted by Crippen LogP contribution is -2.53. The largest absolute Gasteiger partial charge is 0.444 e. The first kappa shape index (κ1) is 30.7. The molecular weight excluding hydrogens is 565 g/mol. The average Bonchev–Trinajstić information content (AvgIpc) is 3.42. The molecule has 44 heavy (non-hydrogen) atoms. The summed E-state index contributed by atoms with van der Waals surface area (Å²) in [4.78, 5) is 39.4. The van der Waals surface area contributed by atoms with E-state index < -0.39 is 29.5 Å². The molecule has 1 fully saturated rings. The maximum absolute atomic E-state index is 15.9. The van der Waals surface area contributed by atoms with E-state index in [2.05, 4.69) is 20.3 Å². The van der Waals surface area contributed by atoms with Gasteiger partial charge in [0.2, 0.25) is 0 Å². The minimum atomic E-state index is -0.748. The van der Waals surface area contributed by atoms with Crippen molar-refractivity contribution >= 4 is 35.1 Å². The van der Waals surface area contributed by atoms with Crippen molar-refractivity contribution in [1.29, 1.82) is 0 Å². The second-order valence-electron chi connectivity index (χ2n) is 11.7. The molecule has 3 aromatic heterocycles. The monoisotopic (exact) mass is 601 g/mol. The molecule has 0 bridgehead atoms. The number of aliphatic hydroxyl groups excluding tert-OH is 1. The Hall–Kier alpha value is -4.71. The molecule has 2 amide bonds. The normalized spacial score (nSPS) is 15.6. The van der Waals surface area contributed by atoms with E-state index in [1.54, 1.807) is 62.3 Å². The molecule has 1 N–H and O–H groups in total. The number of aryl methyl sites for hydroxylation is 1. The van der Waals surface area contributed by atoms with E-state index in [1.807, 2.05) is 19.1 Å². The fourth-order valence-corrected chi connectivity index (χ4v) is 5.20. The van der Waals surface area contributed by atoms with Gasteiger partial charge in [-0.25, -0.2) is 19.2 Å². The Bertz CT molecular complexity index is 1700.